The minimum Gasteiger partial charge on any atom is -0.340 e. The van der Waals surface area contributed by atoms with Crippen LogP contribution < -0.4 is 0 Å². The molecule has 0 aliphatic carbocycles. The van der Waals surface area contributed by atoms with Gasteiger partial charge in [0, 0.05) is 26.2 Å². The van der Waals surface area contributed by atoms with Crippen LogP contribution in [0.4, 0.5) is 13.2 Å². The van der Waals surface area contributed by atoms with Gasteiger partial charge in [0.2, 0.25) is 15.9 Å². The lowest BCUT2D eigenvalue weighted by Crippen LogP contribution is -2.51. The van der Waals surface area contributed by atoms with Gasteiger partial charge in [0.05, 0.1) is 6.42 Å². The van der Waals surface area contributed by atoms with Crippen molar-refractivity contribution in [2.45, 2.75) is 11.3 Å². The third-order valence-corrected chi connectivity index (χ3v) is 6.33. The minimum atomic E-state index is -4.33. The van der Waals surface area contributed by atoms with Crippen LogP contribution in [0.1, 0.15) is 5.56 Å². The molecule has 9 heteroatoms. The zero-order valence-electron chi connectivity index (χ0n) is 14.2. The van der Waals surface area contributed by atoms with Gasteiger partial charge in [-0.1, -0.05) is 18.2 Å². The number of carbonyl (C=O) groups excluding carboxylic acids is 1. The Morgan fingerprint density at radius 3 is 2.00 bits per heavy atom. The maximum atomic E-state index is 13.8. The van der Waals surface area contributed by atoms with Crippen molar-refractivity contribution < 1.29 is 26.4 Å². The summed E-state index contributed by atoms with van der Waals surface area (Å²) in [5, 5.41) is 0. The number of benzene rings is 2. The van der Waals surface area contributed by atoms with E-state index in [1.54, 1.807) is 0 Å². The number of rotatable bonds is 4. The molecule has 1 amide bonds. The lowest BCUT2D eigenvalue weighted by molar-refractivity contribution is -0.131. The SMILES string of the molecule is O=C(Cc1ccc(F)cc1)N1CCN(S(=O)(=O)c2c(F)cccc2F)CC1. The molecule has 0 saturated carbocycles. The van der Waals surface area contributed by atoms with Crippen molar-refractivity contribution in [2.75, 3.05) is 26.2 Å². The molecule has 1 saturated heterocycles. The quantitative estimate of drug-likeness (QED) is 0.793. The van der Waals surface area contributed by atoms with Crippen LogP contribution in [-0.4, -0.2) is 49.7 Å². The second kappa shape index (κ2) is 7.69. The van der Waals surface area contributed by atoms with Crippen molar-refractivity contribution in [3.63, 3.8) is 0 Å². The van der Waals surface area contributed by atoms with E-state index >= 15 is 0 Å². The van der Waals surface area contributed by atoms with Gasteiger partial charge >= 0.3 is 0 Å². The molecule has 2 aromatic rings. The van der Waals surface area contributed by atoms with Crippen LogP contribution in [0.15, 0.2) is 47.4 Å². The van der Waals surface area contributed by atoms with E-state index in [1.807, 2.05) is 0 Å². The van der Waals surface area contributed by atoms with Gasteiger partial charge in [0.25, 0.3) is 0 Å². The first kappa shape index (κ1) is 19.4. The van der Waals surface area contributed by atoms with Gasteiger partial charge in [-0.25, -0.2) is 21.6 Å². The zero-order chi connectivity index (χ0) is 19.6. The van der Waals surface area contributed by atoms with E-state index in [9.17, 15) is 26.4 Å². The molecule has 0 atom stereocenters. The third kappa shape index (κ3) is 4.14. The van der Waals surface area contributed by atoms with Gasteiger partial charge in [-0.3, -0.25) is 4.79 Å². The molecule has 0 N–H and O–H groups in total. The maximum absolute atomic E-state index is 13.8. The largest absolute Gasteiger partial charge is 0.340 e. The molecule has 144 valence electrons. The van der Waals surface area contributed by atoms with Gasteiger partial charge < -0.3 is 4.90 Å². The lowest BCUT2D eigenvalue weighted by Gasteiger charge is -2.34. The van der Waals surface area contributed by atoms with Crippen molar-refractivity contribution in [1.29, 1.82) is 0 Å². The summed E-state index contributed by atoms with van der Waals surface area (Å²) in [5.74, 6) is -2.92. The van der Waals surface area contributed by atoms with Crippen LogP contribution in [0.25, 0.3) is 0 Å². The molecule has 1 fully saturated rings. The number of amides is 1. The van der Waals surface area contributed by atoms with E-state index < -0.39 is 32.4 Å². The van der Waals surface area contributed by atoms with Crippen molar-refractivity contribution in [2.24, 2.45) is 0 Å². The molecule has 1 heterocycles. The zero-order valence-corrected chi connectivity index (χ0v) is 15.1. The van der Waals surface area contributed by atoms with Gasteiger partial charge in [-0.15, -0.1) is 0 Å². The normalized spacial score (nSPS) is 15.7. The Kier molecular flexibility index (Phi) is 5.52. The second-order valence-corrected chi connectivity index (χ2v) is 8.01. The van der Waals surface area contributed by atoms with Crippen molar-refractivity contribution in [3.05, 3.63) is 65.5 Å². The molecule has 0 spiro atoms. The van der Waals surface area contributed by atoms with Gasteiger partial charge in [0.1, 0.15) is 17.5 Å². The van der Waals surface area contributed by atoms with Gasteiger partial charge in [0.15, 0.2) is 4.90 Å². The Morgan fingerprint density at radius 2 is 1.44 bits per heavy atom. The van der Waals surface area contributed by atoms with E-state index in [0.29, 0.717) is 5.56 Å². The summed E-state index contributed by atoms with van der Waals surface area (Å²) in [7, 11) is -4.33. The Morgan fingerprint density at radius 1 is 0.889 bits per heavy atom. The highest BCUT2D eigenvalue weighted by molar-refractivity contribution is 7.89. The summed E-state index contributed by atoms with van der Waals surface area (Å²) in [5.41, 5.74) is 0.643. The third-order valence-electron chi connectivity index (χ3n) is 4.38. The number of sulfonamides is 1. The Hall–Kier alpha value is -2.39. The summed E-state index contributed by atoms with van der Waals surface area (Å²) in [6.07, 6.45) is 0.0645. The number of carbonyl (C=O) groups is 1. The predicted molar refractivity (Wildman–Crippen MR) is 91.8 cm³/mol. The van der Waals surface area contributed by atoms with Crippen LogP contribution >= 0.6 is 0 Å². The van der Waals surface area contributed by atoms with E-state index in [2.05, 4.69) is 0 Å². The molecule has 3 rings (SSSR count). The first-order chi connectivity index (χ1) is 12.8. The average molecular weight is 398 g/mol. The standard InChI is InChI=1S/C18H17F3N2O3S/c19-14-6-4-13(5-7-14)12-17(24)22-8-10-23(11-9-22)27(25,26)18-15(20)2-1-3-16(18)21/h1-7H,8-12H2. The molecule has 0 radical (unpaired) electrons. The average Bonchev–Trinajstić information content (AvgIpc) is 2.63. The second-order valence-electron chi connectivity index (χ2n) is 6.14. The first-order valence-corrected chi connectivity index (χ1v) is 9.69. The van der Waals surface area contributed by atoms with Crippen molar-refractivity contribution >= 4 is 15.9 Å². The summed E-state index contributed by atoms with van der Waals surface area (Å²) in [6.45, 7) is 0.0845. The monoisotopic (exact) mass is 398 g/mol. The molecular formula is C18H17F3N2O3S. The molecule has 5 nitrogen and oxygen atoms in total. The number of piperazine rings is 1. The number of hydrogen-bond donors (Lipinski definition) is 0. The van der Waals surface area contributed by atoms with E-state index in [0.717, 1.165) is 22.5 Å². The van der Waals surface area contributed by atoms with E-state index in [1.165, 1.54) is 29.2 Å². The predicted octanol–water partition coefficient (Wildman–Crippen LogP) is 2.18. The number of hydrogen-bond acceptors (Lipinski definition) is 3. The van der Waals surface area contributed by atoms with Crippen LogP contribution in [0.2, 0.25) is 0 Å². The Bertz CT molecular complexity index is 921. The van der Waals surface area contributed by atoms with Crippen LogP contribution in [0.3, 0.4) is 0 Å². The van der Waals surface area contributed by atoms with Gasteiger partial charge in [-0.05, 0) is 29.8 Å². The molecule has 1 aliphatic heterocycles. The van der Waals surface area contributed by atoms with E-state index in [4.69, 9.17) is 0 Å². The fraction of sp³-hybridized carbons (Fsp3) is 0.278. The molecule has 0 aromatic heterocycles. The fourth-order valence-corrected chi connectivity index (χ4v) is 4.46. The van der Waals surface area contributed by atoms with E-state index in [-0.39, 0.29) is 38.5 Å². The van der Waals surface area contributed by atoms with Crippen molar-refractivity contribution in [3.8, 4) is 0 Å². The van der Waals surface area contributed by atoms with Crippen LogP contribution in [0.5, 0.6) is 0 Å². The lowest BCUT2D eigenvalue weighted by atomic mass is 10.1. The molecular weight excluding hydrogens is 381 g/mol. The topological polar surface area (TPSA) is 57.7 Å². The highest BCUT2D eigenvalue weighted by Gasteiger charge is 2.33. The van der Waals surface area contributed by atoms with Gasteiger partial charge in [-0.2, -0.15) is 4.31 Å². The smallest absolute Gasteiger partial charge is 0.249 e. The molecule has 0 unspecified atom stereocenters. The van der Waals surface area contributed by atoms with Crippen molar-refractivity contribution in [1.82, 2.24) is 9.21 Å². The first-order valence-electron chi connectivity index (χ1n) is 8.25. The van der Waals surface area contributed by atoms with Crippen LogP contribution in [-0.2, 0) is 21.2 Å². The summed E-state index contributed by atoms with van der Waals surface area (Å²) in [4.78, 5) is 12.8. The molecule has 1 aliphatic rings. The molecule has 0 bridgehead atoms. The fourth-order valence-electron chi connectivity index (χ4n) is 2.92. The molecule has 27 heavy (non-hydrogen) atoms. The summed E-state index contributed by atoms with van der Waals surface area (Å²) < 4.78 is 66.6. The van der Waals surface area contributed by atoms with Crippen LogP contribution in [0, 0.1) is 17.5 Å². The Labute approximate surface area is 155 Å². The maximum Gasteiger partial charge on any atom is 0.249 e. The summed E-state index contributed by atoms with van der Waals surface area (Å²) >= 11 is 0. The minimum absolute atomic E-state index is 0.0642. The number of halogens is 3. The Balaban J connectivity index is 1.66. The summed E-state index contributed by atoms with van der Waals surface area (Å²) in [6, 6.07) is 8.41. The highest BCUT2D eigenvalue weighted by Crippen LogP contribution is 2.23. The number of nitrogens with zero attached hydrogens (tertiary/aromatic N) is 2. The highest BCUT2D eigenvalue weighted by atomic mass is 32.2. The molecule has 2 aromatic carbocycles.